The molecule has 156 valence electrons. The average Bonchev–Trinajstić information content (AvgIpc) is 3.14. The van der Waals surface area contributed by atoms with Crippen molar-refractivity contribution in [1.29, 1.82) is 0 Å². The van der Waals surface area contributed by atoms with Crippen molar-refractivity contribution in [2.24, 2.45) is 0 Å². The topological polar surface area (TPSA) is 68.6 Å². The minimum absolute atomic E-state index is 0.00491. The van der Waals surface area contributed by atoms with E-state index in [1.54, 1.807) is 0 Å². The number of urea groups is 1. The molecular formula is C22H30N4O3. The number of carbonyl (C=O) groups excluding carboxylic acids is 1. The van der Waals surface area contributed by atoms with Crippen molar-refractivity contribution in [3.8, 4) is 5.75 Å². The Balaban J connectivity index is 1.55. The highest BCUT2D eigenvalue weighted by molar-refractivity contribution is 5.89. The van der Waals surface area contributed by atoms with E-state index in [9.17, 15) is 4.79 Å². The summed E-state index contributed by atoms with van der Waals surface area (Å²) in [7, 11) is 0. The number of amides is 2. The number of nitrogens with zero attached hydrogens (tertiary/aromatic N) is 3. The zero-order valence-corrected chi connectivity index (χ0v) is 17.3. The second-order valence-corrected chi connectivity index (χ2v) is 7.52. The Bertz CT molecular complexity index is 846. The van der Waals surface area contributed by atoms with Crippen LogP contribution in [0.1, 0.15) is 56.1 Å². The molecule has 29 heavy (non-hydrogen) atoms. The molecule has 1 N–H and O–H groups in total. The Morgan fingerprint density at radius 1 is 1.28 bits per heavy atom. The molecule has 7 nitrogen and oxygen atoms in total. The van der Waals surface area contributed by atoms with Gasteiger partial charge in [-0.3, -0.25) is 4.68 Å². The van der Waals surface area contributed by atoms with Crippen molar-refractivity contribution in [3.05, 3.63) is 41.2 Å². The van der Waals surface area contributed by atoms with Crippen molar-refractivity contribution in [2.75, 3.05) is 25.1 Å². The summed E-state index contributed by atoms with van der Waals surface area (Å²) in [5.41, 5.74) is 4.24. The van der Waals surface area contributed by atoms with Gasteiger partial charge in [0, 0.05) is 36.5 Å². The molecule has 0 bridgehead atoms. The van der Waals surface area contributed by atoms with Crippen LogP contribution in [0.15, 0.2) is 24.3 Å². The Hall–Kier alpha value is -2.54. The first-order valence-electron chi connectivity index (χ1n) is 10.7. The lowest BCUT2D eigenvalue weighted by atomic mass is 9.95. The van der Waals surface area contributed by atoms with Gasteiger partial charge >= 0.3 is 6.03 Å². The van der Waals surface area contributed by atoms with Gasteiger partial charge in [0.2, 0.25) is 0 Å². The maximum Gasteiger partial charge on any atom is 0.322 e. The van der Waals surface area contributed by atoms with Crippen LogP contribution in [0, 0.1) is 0 Å². The molecule has 2 aromatic rings. The minimum atomic E-state index is -0.0737. The Morgan fingerprint density at radius 2 is 2.10 bits per heavy atom. The van der Waals surface area contributed by atoms with E-state index < -0.39 is 0 Å². The Labute approximate surface area is 172 Å². The predicted molar refractivity (Wildman–Crippen MR) is 111 cm³/mol. The van der Waals surface area contributed by atoms with Crippen molar-refractivity contribution in [2.45, 2.75) is 58.7 Å². The third-order valence-electron chi connectivity index (χ3n) is 5.72. The number of anilines is 1. The molecule has 2 aliphatic heterocycles. The van der Waals surface area contributed by atoms with Gasteiger partial charge < -0.3 is 19.7 Å². The molecule has 1 aromatic heterocycles. The van der Waals surface area contributed by atoms with E-state index in [0.717, 1.165) is 62.5 Å². The molecule has 0 aliphatic carbocycles. The summed E-state index contributed by atoms with van der Waals surface area (Å²) in [4.78, 5) is 15.1. The molecule has 0 saturated carbocycles. The summed E-state index contributed by atoms with van der Waals surface area (Å²) in [6.45, 7) is 7.61. The second kappa shape index (κ2) is 8.86. The molecule has 0 unspecified atom stereocenters. The number of rotatable bonds is 5. The van der Waals surface area contributed by atoms with Crippen molar-refractivity contribution in [1.82, 2.24) is 14.7 Å². The molecule has 1 saturated heterocycles. The standard InChI is InChI=1S/C22H30N4O3/c1-3-26-19-12-14-28-15-18(19)21(24-26)20-7-5-6-13-25(20)22(27)23-16-8-10-17(11-9-16)29-4-2/h8-11,20H,3-7,12-15H2,1-2H3,(H,23,27)/t20-/m0/s1. The number of benzene rings is 1. The number of hydrogen-bond acceptors (Lipinski definition) is 4. The Kier molecular flexibility index (Phi) is 6.04. The zero-order chi connectivity index (χ0) is 20.2. The van der Waals surface area contributed by atoms with Crippen LogP contribution in [-0.4, -0.2) is 40.5 Å². The first kappa shape index (κ1) is 19.8. The number of piperidine rings is 1. The predicted octanol–water partition coefficient (Wildman–Crippen LogP) is 4.13. The van der Waals surface area contributed by atoms with Gasteiger partial charge in [-0.25, -0.2) is 4.79 Å². The molecule has 7 heteroatoms. The summed E-state index contributed by atoms with van der Waals surface area (Å²) in [5, 5.41) is 7.95. The van der Waals surface area contributed by atoms with Gasteiger partial charge in [0.15, 0.2) is 0 Å². The van der Waals surface area contributed by atoms with Crippen LogP contribution in [-0.2, 0) is 24.3 Å². The molecule has 1 fully saturated rings. The molecule has 2 aliphatic rings. The van der Waals surface area contributed by atoms with E-state index >= 15 is 0 Å². The average molecular weight is 399 g/mol. The monoisotopic (exact) mass is 398 g/mol. The summed E-state index contributed by atoms with van der Waals surface area (Å²) in [5.74, 6) is 0.804. The molecule has 0 spiro atoms. The summed E-state index contributed by atoms with van der Waals surface area (Å²) < 4.78 is 13.3. The zero-order valence-electron chi connectivity index (χ0n) is 17.3. The van der Waals surface area contributed by atoms with Gasteiger partial charge in [-0.2, -0.15) is 5.10 Å². The van der Waals surface area contributed by atoms with Gasteiger partial charge in [-0.15, -0.1) is 0 Å². The highest BCUT2D eigenvalue weighted by Gasteiger charge is 2.34. The van der Waals surface area contributed by atoms with Crippen molar-refractivity contribution >= 4 is 11.7 Å². The second-order valence-electron chi connectivity index (χ2n) is 7.52. The lowest BCUT2D eigenvalue weighted by Gasteiger charge is -2.35. The molecule has 1 atom stereocenters. The van der Waals surface area contributed by atoms with Crippen LogP contribution >= 0.6 is 0 Å². The summed E-state index contributed by atoms with van der Waals surface area (Å²) >= 11 is 0. The SMILES string of the molecule is CCOc1ccc(NC(=O)N2CCCC[C@H]2c2nn(CC)c3c2COCC3)cc1. The number of aromatic nitrogens is 2. The van der Waals surface area contributed by atoms with E-state index in [2.05, 4.69) is 16.9 Å². The lowest BCUT2D eigenvalue weighted by Crippen LogP contribution is -2.41. The first-order valence-corrected chi connectivity index (χ1v) is 10.7. The third kappa shape index (κ3) is 4.10. The molecular weight excluding hydrogens is 368 g/mol. The minimum Gasteiger partial charge on any atom is -0.494 e. The third-order valence-corrected chi connectivity index (χ3v) is 5.72. The van der Waals surface area contributed by atoms with Crippen LogP contribution < -0.4 is 10.1 Å². The maximum absolute atomic E-state index is 13.1. The van der Waals surface area contributed by atoms with Gasteiger partial charge in [0.05, 0.1) is 31.6 Å². The highest BCUT2D eigenvalue weighted by atomic mass is 16.5. The maximum atomic E-state index is 13.1. The van der Waals surface area contributed by atoms with Crippen LogP contribution in [0.5, 0.6) is 5.75 Å². The molecule has 2 amide bonds. The van der Waals surface area contributed by atoms with Crippen LogP contribution in [0.2, 0.25) is 0 Å². The first-order chi connectivity index (χ1) is 14.2. The molecule has 3 heterocycles. The van der Waals surface area contributed by atoms with E-state index in [0.29, 0.717) is 13.2 Å². The number of likely N-dealkylation sites (tertiary alicyclic amines) is 1. The fourth-order valence-corrected chi connectivity index (χ4v) is 4.32. The summed E-state index contributed by atoms with van der Waals surface area (Å²) in [6, 6.07) is 7.43. The smallest absolute Gasteiger partial charge is 0.322 e. The molecule has 4 rings (SSSR count). The lowest BCUT2D eigenvalue weighted by molar-refractivity contribution is 0.106. The number of hydrogen-bond donors (Lipinski definition) is 1. The largest absolute Gasteiger partial charge is 0.494 e. The quantitative estimate of drug-likeness (QED) is 0.822. The van der Waals surface area contributed by atoms with Crippen LogP contribution in [0.4, 0.5) is 10.5 Å². The molecule has 0 radical (unpaired) electrons. The van der Waals surface area contributed by atoms with E-state index in [1.807, 2.05) is 36.1 Å². The number of carbonyl (C=O) groups is 1. The number of ether oxygens (including phenoxy) is 2. The van der Waals surface area contributed by atoms with Crippen LogP contribution in [0.25, 0.3) is 0 Å². The van der Waals surface area contributed by atoms with E-state index in [4.69, 9.17) is 14.6 Å². The van der Waals surface area contributed by atoms with Crippen LogP contribution in [0.3, 0.4) is 0 Å². The molecule has 1 aromatic carbocycles. The highest BCUT2D eigenvalue weighted by Crippen LogP contribution is 2.35. The fraction of sp³-hybridized carbons (Fsp3) is 0.545. The van der Waals surface area contributed by atoms with E-state index in [-0.39, 0.29) is 12.1 Å². The number of aryl methyl sites for hydroxylation is 1. The van der Waals surface area contributed by atoms with Crippen molar-refractivity contribution in [3.63, 3.8) is 0 Å². The van der Waals surface area contributed by atoms with E-state index in [1.165, 1.54) is 11.3 Å². The number of fused-ring (bicyclic) bond motifs is 1. The van der Waals surface area contributed by atoms with Gasteiger partial charge in [0.1, 0.15) is 5.75 Å². The van der Waals surface area contributed by atoms with Gasteiger partial charge in [-0.05, 0) is 57.4 Å². The van der Waals surface area contributed by atoms with Gasteiger partial charge in [0.25, 0.3) is 0 Å². The Morgan fingerprint density at radius 3 is 2.86 bits per heavy atom. The normalized spacial score (nSPS) is 19.0. The van der Waals surface area contributed by atoms with Gasteiger partial charge in [-0.1, -0.05) is 0 Å². The number of nitrogens with one attached hydrogen (secondary N) is 1. The summed E-state index contributed by atoms with van der Waals surface area (Å²) in [6.07, 6.45) is 3.94. The fourth-order valence-electron chi connectivity index (χ4n) is 4.32. The van der Waals surface area contributed by atoms with Crippen molar-refractivity contribution < 1.29 is 14.3 Å².